The van der Waals surface area contributed by atoms with E-state index in [1.54, 1.807) is 35.6 Å². The summed E-state index contributed by atoms with van der Waals surface area (Å²) in [5.41, 5.74) is 6.28. The standard InChI is InChI=1S/C16H17N3O2S/c1-2-14-17-12-4-3-5-13(15(12)22-14)19-18-11-8-6-10(7-9-11)16(20)21/h6-9,18H,2-5H2,1H3,(H,20,21)/b19-13-. The average molecular weight is 315 g/mol. The predicted octanol–water partition coefficient (Wildman–Crippen LogP) is 3.56. The van der Waals surface area contributed by atoms with Crippen molar-refractivity contribution in [2.24, 2.45) is 5.10 Å². The average Bonchev–Trinajstić information content (AvgIpc) is 2.97. The van der Waals surface area contributed by atoms with Gasteiger partial charge in [0.25, 0.3) is 0 Å². The van der Waals surface area contributed by atoms with Gasteiger partial charge in [0.05, 0.1) is 32.5 Å². The lowest BCUT2D eigenvalue weighted by Crippen LogP contribution is -2.11. The summed E-state index contributed by atoms with van der Waals surface area (Å²) in [5, 5.41) is 14.6. The minimum atomic E-state index is -0.924. The first-order valence-corrected chi connectivity index (χ1v) is 8.14. The van der Waals surface area contributed by atoms with Crippen LogP contribution in [0.25, 0.3) is 0 Å². The fourth-order valence-electron chi connectivity index (χ4n) is 2.41. The molecule has 1 aliphatic carbocycles. The molecule has 0 unspecified atom stereocenters. The second-order valence-corrected chi connectivity index (χ2v) is 6.23. The van der Waals surface area contributed by atoms with Crippen LogP contribution in [-0.4, -0.2) is 21.8 Å². The Balaban J connectivity index is 1.79. The van der Waals surface area contributed by atoms with Crippen LogP contribution in [0.15, 0.2) is 29.4 Å². The van der Waals surface area contributed by atoms with E-state index in [9.17, 15) is 4.79 Å². The SMILES string of the molecule is CCc1nc2c(s1)/C(=N\Nc1ccc(C(=O)O)cc1)CCC2. The molecule has 2 N–H and O–H groups in total. The van der Waals surface area contributed by atoms with E-state index in [0.29, 0.717) is 0 Å². The predicted molar refractivity (Wildman–Crippen MR) is 88.0 cm³/mol. The second kappa shape index (κ2) is 6.27. The van der Waals surface area contributed by atoms with E-state index >= 15 is 0 Å². The van der Waals surface area contributed by atoms with Crippen LogP contribution in [0.1, 0.15) is 45.7 Å². The van der Waals surface area contributed by atoms with Gasteiger partial charge >= 0.3 is 5.97 Å². The van der Waals surface area contributed by atoms with Crippen LogP contribution >= 0.6 is 11.3 Å². The van der Waals surface area contributed by atoms with Crippen LogP contribution in [0.5, 0.6) is 0 Å². The number of thiazole rings is 1. The molecular weight excluding hydrogens is 298 g/mol. The molecule has 0 saturated heterocycles. The summed E-state index contributed by atoms with van der Waals surface area (Å²) >= 11 is 1.73. The number of fused-ring (bicyclic) bond motifs is 1. The van der Waals surface area contributed by atoms with E-state index in [-0.39, 0.29) is 5.56 Å². The molecule has 5 nitrogen and oxygen atoms in total. The lowest BCUT2D eigenvalue weighted by Gasteiger charge is -2.12. The summed E-state index contributed by atoms with van der Waals surface area (Å²) < 4.78 is 0. The fraction of sp³-hybridized carbons (Fsp3) is 0.312. The monoisotopic (exact) mass is 315 g/mol. The first kappa shape index (κ1) is 14.7. The number of aromatic nitrogens is 1. The van der Waals surface area contributed by atoms with Gasteiger partial charge in [0.15, 0.2) is 0 Å². The largest absolute Gasteiger partial charge is 0.478 e. The highest BCUT2D eigenvalue weighted by molar-refractivity contribution is 7.14. The smallest absolute Gasteiger partial charge is 0.335 e. The van der Waals surface area contributed by atoms with E-state index in [4.69, 9.17) is 5.11 Å². The lowest BCUT2D eigenvalue weighted by atomic mass is 10.0. The van der Waals surface area contributed by atoms with Gasteiger partial charge in [0.2, 0.25) is 0 Å². The number of hydrogen-bond donors (Lipinski definition) is 2. The number of hydrogen-bond acceptors (Lipinski definition) is 5. The summed E-state index contributed by atoms with van der Waals surface area (Å²) in [7, 11) is 0. The Kier molecular flexibility index (Phi) is 4.20. The molecule has 0 radical (unpaired) electrons. The summed E-state index contributed by atoms with van der Waals surface area (Å²) in [5.74, 6) is -0.924. The maximum atomic E-state index is 10.8. The molecule has 114 valence electrons. The van der Waals surface area contributed by atoms with E-state index in [1.807, 2.05) is 0 Å². The van der Waals surface area contributed by atoms with Gasteiger partial charge in [-0.25, -0.2) is 9.78 Å². The summed E-state index contributed by atoms with van der Waals surface area (Å²) in [4.78, 5) is 16.7. The fourth-order valence-corrected chi connectivity index (χ4v) is 3.48. The van der Waals surface area contributed by atoms with E-state index in [1.165, 1.54) is 4.88 Å². The van der Waals surface area contributed by atoms with Gasteiger partial charge in [-0.2, -0.15) is 5.10 Å². The molecule has 22 heavy (non-hydrogen) atoms. The number of aromatic carboxylic acids is 1. The van der Waals surface area contributed by atoms with Crippen molar-refractivity contribution < 1.29 is 9.90 Å². The highest BCUT2D eigenvalue weighted by Crippen LogP contribution is 2.27. The Morgan fingerprint density at radius 2 is 2.14 bits per heavy atom. The van der Waals surface area contributed by atoms with Gasteiger partial charge < -0.3 is 5.11 Å². The van der Waals surface area contributed by atoms with Gasteiger partial charge in [-0.1, -0.05) is 6.92 Å². The number of aryl methyl sites for hydroxylation is 2. The van der Waals surface area contributed by atoms with Gasteiger partial charge in [0.1, 0.15) is 0 Å². The van der Waals surface area contributed by atoms with Crippen LogP contribution in [0.2, 0.25) is 0 Å². The third kappa shape index (κ3) is 3.01. The van der Waals surface area contributed by atoms with Crippen molar-refractivity contribution in [1.29, 1.82) is 0 Å². The molecule has 3 rings (SSSR count). The zero-order valence-corrected chi connectivity index (χ0v) is 13.1. The molecule has 1 heterocycles. The van der Waals surface area contributed by atoms with Gasteiger partial charge in [-0.15, -0.1) is 11.3 Å². The molecule has 6 heteroatoms. The van der Waals surface area contributed by atoms with Crippen molar-refractivity contribution in [3.05, 3.63) is 45.4 Å². The van der Waals surface area contributed by atoms with Crippen molar-refractivity contribution in [2.45, 2.75) is 32.6 Å². The Bertz CT molecular complexity index is 719. The summed E-state index contributed by atoms with van der Waals surface area (Å²) in [6.45, 7) is 2.11. The number of carboxylic acid groups (broad SMARTS) is 1. The van der Waals surface area contributed by atoms with E-state index in [2.05, 4.69) is 22.4 Å². The molecule has 1 aliphatic rings. The van der Waals surface area contributed by atoms with Crippen LogP contribution in [-0.2, 0) is 12.8 Å². The Morgan fingerprint density at radius 3 is 2.82 bits per heavy atom. The highest BCUT2D eigenvalue weighted by atomic mass is 32.1. The van der Waals surface area contributed by atoms with Crippen molar-refractivity contribution in [2.75, 3.05) is 5.43 Å². The molecule has 1 aromatic carbocycles. The molecule has 0 atom stereocenters. The number of nitrogens with zero attached hydrogens (tertiary/aromatic N) is 2. The van der Waals surface area contributed by atoms with Crippen LogP contribution in [0.3, 0.4) is 0 Å². The molecule has 0 spiro atoms. The van der Waals surface area contributed by atoms with Crippen molar-refractivity contribution in [1.82, 2.24) is 4.98 Å². The van der Waals surface area contributed by atoms with Gasteiger partial charge in [-0.05, 0) is 49.9 Å². The van der Waals surface area contributed by atoms with Crippen LogP contribution in [0, 0.1) is 0 Å². The summed E-state index contributed by atoms with van der Waals surface area (Å²) in [6.07, 6.45) is 3.99. The Hall–Kier alpha value is -2.21. The molecule has 0 saturated carbocycles. The maximum absolute atomic E-state index is 10.8. The zero-order chi connectivity index (χ0) is 15.5. The van der Waals surface area contributed by atoms with Gasteiger partial charge in [0, 0.05) is 0 Å². The quantitative estimate of drug-likeness (QED) is 0.846. The molecule has 0 aliphatic heterocycles. The lowest BCUT2D eigenvalue weighted by molar-refractivity contribution is 0.0697. The number of nitrogens with one attached hydrogen (secondary N) is 1. The number of benzene rings is 1. The molecule has 2 aromatic rings. The zero-order valence-electron chi connectivity index (χ0n) is 12.3. The molecule has 1 aromatic heterocycles. The minimum Gasteiger partial charge on any atom is -0.478 e. The number of hydrazone groups is 1. The second-order valence-electron chi connectivity index (χ2n) is 5.14. The Morgan fingerprint density at radius 1 is 1.36 bits per heavy atom. The normalized spacial score (nSPS) is 15.6. The maximum Gasteiger partial charge on any atom is 0.335 e. The van der Waals surface area contributed by atoms with Crippen LogP contribution in [0.4, 0.5) is 5.69 Å². The van der Waals surface area contributed by atoms with Crippen molar-refractivity contribution in [3.63, 3.8) is 0 Å². The van der Waals surface area contributed by atoms with E-state index in [0.717, 1.165) is 47.8 Å². The molecule has 0 amide bonds. The number of rotatable bonds is 4. The summed E-state index contributed by atoms with van der Waals surface area (Å²) in [6, 6.07) is 6.58. The molecule has 0 bridgehead atoms. The number of carboxylic acids is 1. The number of anilines is 1. The van der Waals surface area contributed by atoms with Crippen LogP contribution < -0.4 is 5.43 Å². The topological polar surface area (TPSA) is 74.6 Å². The minimum absolute atomic E-state index is 0.271. The molecule has 0 fully saturated rings. The van der Waals surface area contributed by atoms with E-state index < -0.39 is 5.97 Å². The van der Waals surface area contributed by atoms with Gasteiger partial charge in [-0.3, -0.25) is 5.43 Å². The highest BCUT2D eigenvalue weighted by Gasteiger charge is 2.20. The van der Waals surface area contributed by atoms with Crippen molar-refractivity contribution in [3.8, 4) is 0 Å². The Labute approximate surface area is 132 Å². The first-order chi connectivity index (χ1) is 10.7. The third-order valence-electron chi connectivity index (χ3n) is 3.59. The number of carbonyl (C=O) groups is 1. The molecular formula is C16H17N3O2S. The third-order valence-corrected chi connectivity index (χ3v) is 4.88. The van der Waals surface area contributed by atoms with Crippen molar-refractivity contribution >= 4 is 28.7 Å². The first-order valence-electron chi connectivity index (χ1n) is 7.32.